The van der Waals surface area contributed by atoms with E-state index in [1.807, 2.05) is 19.1 Å². The van der Waals surface area contributed by atoms with Gasteiger partial charge in [-0.3, -0.25) is 4.98 Å². The zero-order valence-corrected chi connectivity index (χ0v) is 6.79. The van der Waals surface area contributed by atoms with Crippen LogP contribution in [0.4, 0.5) is 0 Å². The Morgan fingerprint density at radius 2 is 2.36 bits per heavy atom. The number of aromatic nitrogens is 1. The first kappa shape index (κ1) is 7.79. The Balaban J connectivity index is 3.12. The smallest absolute Gasteiger partial charge is 0.144 e. The normalized spacial score (nSPS) is 9.27. The van der Waals surface area contributed by atoms with Crippen LogP contribution in [-0.4, -0.2) is 12.1 Å². The first-order valence-corrected chi connectivity index (χ1v) is 3.40. The van der Waals surface area contributed by atoms with Crippen LogP contribution in [0.1, 0.15) is 12.6 Å². The molecule has 1 heterocycles. The fourth-order valence-corrected chi connectivity index (χ4v) is 0.876. The van der Waals surface area contributed by atoms with Crippen molar-refractivity contribution in [3.05, 3.63) is 30.6 Å². The van der Waals surface area contributed by atoms with Gasteiger partial charge in [-0.25, -0.2) is 0 Å². The van der Waals surface area contributed by atoms with E-state index in [1.165, 1.54) is 0 Å². The quantitative estimate of drug-likeness (QED) is 0.642. The Labute approximate surface area is 66.5 Å². The SMILES string of the molecule is C=C(C)c1ncccc1OC. The highest BCUT2D eigenvalue weighted by atomic mass is 16.5. The molecule has 0 atom stereocenters. The maximum Gasteiger partial charge on any atom is 0.144 e. The van der Waals surface area contributed by atoms with E-state index in [0.29, 0.717) is 0 Å². The first-order chi connectivity index (χ1) is 5.25. The van der Waals surface area contributed by atoms with Crippen LogP contribution in [0.5, 0.6) is 5.75 Å². The maximum absolute atomic E-state index is 5.08. The maximum atomic E-state index is 5.08. The van der Waals surface area contributed by atoms with Gasteiger partial charge in [0.2, 0.25) is 0 Å². The molecule has 0 amide bonds. The molecule has 1 rings (SSSR count). The third-order valence-electron chi connectivity index (χ3n) is 1.39. The van der Waals surface area contributed by atoms with Crippen LogP contribution in [-0.2, 0) is 0 Å². The second-order valence-electron chi connectivity index (χ2n) is 2.33. The molecular weight excluding hydrogens is 138 g/mol. The van der Waals surface area contributed by atoms with Crippen molar-refractivity contribution in [2.45, 2.75) is 6.92 Å². The summed E-state index contributed by atoms with van der Waals surface area (Å²) in [5.74, 6) is 0.778. The van der Waals surface area contributed by atoms with Gasteiger partial charge in [0, 0.05) is 6.20 Å². The summed E-state index contributed by atoms with van der Waals surface area (Å²) in [6.07, 6.45) is 1.73. The number of nitrogens with zero attached hydrogens (tertiary/aromatic N) is 1. The highest BCUT2D eigenvalue weighted by molar-refractivity contribution is 5.63. The van der Waals surface area contributed by atoms with Crippen LogP contribution < -0.4 is 4.74 Å². The van der Waals surface area contributed by atoms with Crippen molar-refractivity contribution in [3.8, 4) is 5.75 Å². The molecule has 58 valence electrons. The van der Waals surface area contributed by atoms with Gasteiger partial charge >= 0.3 is 0 Å². The predicted octanol–water partition coefficient (Wildman–Crippen LogP) is 2.12. The molecule has 0 spiro atoms. The Hall–Kier alpha value is -1.31. The minimum atomic E-state index is 0.778. The molecule has 0 unspecified atom stereocenters. The molecule has 0 saturated heterocycles. The molecule has 0 aromatic carbocycles. The van der Waals surface area contributed by atoms with E-state index in [-0.39, 0.29) is 0 Å². The van der Waals surface area contributed by atoms with Crippen LogP contribution in [0.15, 0.2) is 24.9 Å². The largest absolute Gasteiger partial charge is 0.494 e. The highest BCUT2D eigenvalue weighted by Gasteiger charge is 2.01. The summed E-state index contributed by atoms with van der Waals surface area (Å²) in [5.41, 5.74) is 1.75. The fourth-order valence-electron chi connectivity index (χ4n) is 0.876. The fraction of sp³-hybridized carbons (Fsp3) is 0.222. The molecule has 0 fully saturated rings. The van der Waals surface area contributed by atoms with Gasteiger partial charge in [0.05, 0.1) is 7.11 Å². The average Bonchev–Trinajstić information content (AvgIpc) is 2.04. The molecule has 2 heteroatoms. The van der Waals surface area contributed by atoms with Crippen molar-refractivity contribution in [2.75, 3.05) is 7.11 Å². The Bertz CT molecular complexity index is 268. The summed E-state index contributed by atoms with van der Waals surface area (Å²) in [6, 6.07) is 3.71. The second kappa shape index (κ2) is 3.19. The van der Waals surface area contributed by atoms with E-state index < -0.39 is 0 Å². The van der Waals surface area contributed by atoms with Gasteiger partial charge in [0.15, 0.2) is 0 Å². The number of allylic oxidation sites excluding steroid dienone is 1. The molecule has 0 aliphatic heterocycles. The van der Waals surface area contributed by atoms with Gasteiger partial charge in [-0.05, 0) is 24.6 Å². The van der Waals surface area contributed by atoms with E-state index in [1.54, 1.807) is 13.3 Å². The van der Waals surface area contributed by atoms with Gasteiger partial charge < -0.3 is 4.74 Å². The summed E-state index contributed by atoms with van der Waals surface area (Å²) >= 11 is 0. The van der Waals surface area contributed by atoms with E-state index in [4.69, 9.17) is 4.74 Å². The molecule has 2 nitrogen and oxygen atoms in total. The zero-order valence-electron chi connectivity index (χ0n) is 6.79. The molecule has 0 aliphatic rings. The van der Waals surface area contributed by atoms with Gasteiger partial charge in [-0.15, -0.1) is 0 Å². The van der Waals surface area contributed by atoms with Gasteiger partial charge in [0.1, 0.15) is 11.4 Å². The third-order valence-corrected chi connectivity index (χ3v) is 1.39. The second-order valence-corrected chi connectivity index (χ2v) is 2.33. The third kappa shape index (κ3) is 1.58. The molecule has 0 radical (unpaired) electrons. The van der Waals surface area contributed by atoms with Crippen molar-refractivity contribution in [3.63, 3.8) is 0 Å². The molecule has 1 aromatic heterocycles. The van der Waals surface area contributed by atoms with E-state index >= 15 is 0 Å². The average molecular weight is 149 g/mol. The van der Waals surface area contributed by atoms with E-state index in [9.17, 15) is 0 Å². The standard InChI is InChI=1S/C9H11NO/c1-7(2)9-8(11-3)5-4-6-10-9/h4-6H,1H2,2-3H3. The van der Waals surface area contributed by atoms with Crippen molar-refractivity contribution < 1.29 is 4.74 Å². The van der Waals surface area contributed by atoms with Gasteiger partial charge in [-0.1, -0.05) is 6.58 Å². The van der Waals surface area contributed by atoms with Crippen LogP contribution in [0.2, 0.25) is 0 Å². The first-order valence-electron chi connectivity index (χ1n) is 3.40. The molecule has 0 bridgehead atoms. The minimum absolute atomic E-state index is 0.778. The number of methoxy groups -OCH3 is 1. The summed E-state index contributed by atoms with van der Waals surface area (Å²) in [7, 11) is 1.63. The molecule has 11 heavy (non-hydrogen) atoms. The number of hydrogen-bond donors (Lipinski definition) is 0. The van der Waals surface area contributed by atoms with Crippen molar-refractivity contribution in [1.29, 1.82) is 0 Å². The number of hydrogen-bond acceptors (Lipinski definition) is 2. The van der Waals surface area contributed by atoms with Gasteiger partial charge in [0.25, 0.3) is 0 Å². The lowest BCUT2D eigenvalue weighted by Gasteiger charge is -2.04. The minimum Gasteiger partial charge on any atom is -0.494 e. The topological polar surface area (TPSA) is 22.1 Å². The van der Waals surface area contributed by atoms with Crippen molar-refractivity contribution in [2.24, 2.45) is 0 Å². The summed E-state index contributed by atoms with van der Waals surface area (Å²) < 4.78 is 5.08. The Morgan fingerprint density at radius 1 is 1.64 bits per heavy atom. The number of rotatable bonds is 2. The van der Waals surface area contributed by atoms with Gasteiger partial charge in [-0.2, -0.15) is 0 Å². The van der Waals surface area contributed by atoms with Crippen LogP contribution in [0.3, 0.4) is 0 Å². The predicted molar refractivity (Wildman–Crippen MR) is 45.5 cm³/mol. The Kier molecular flexibility index (Phi) is 2.26. The number of ether oxygens (including phenoxy) is 1. The molecule has 0 N–H and O–H groups in total. The molecular formula is C9H11NO. The zero-order chi connectivity index (χ0) is 8.27. The summed E-state index contributed by atoms with van der Waals surface area (Å²) in [4.78, 5) is 4.12. The Morgan fingerprint density at radius 3 is 2.82 bits per heavy atom. The van der Waals surface area contributed by atoms with E-state index in [2.05, 4.69) is 11.6 Å². The molecule has 1 aromatic rings. The number of pyridine rings is 1. The monoisotopic (exact) mass is 149 g/mol. The van der Waals surface area contributed by atoms with Crippen LogP contribution in [0.25, 0.3) is 5.57 Å². The van der Waals surface area contributed by atoms with Crippen LogP contribution in [0, 0.1) is 0 Å². The van der Waals surface area contributed by atoms with Crippen molar-refractivity contribution >= 4 is 5.57 Å². The highest BCUT2D eigenvalue weighted by Crippen LogP contribution is 2.20. The molecule has 0 saturated carbocycles. The van der Waals surface area contributed by atoms with E-state index in [0.717, 1.165) is 17.0 Å². The lowest BCUT2D eigenvalue weighted by Crippen LogP contribution is -1.91. The molecule has 0 aliphatic carbocycles. The lowest BCUT2D eigenvalue weighted by atomic mass is 10.2. The summed E-state index contributed by atoms with van der Waals surface area (Å²) in [5, 5.41) is 0. The summed E-state index contributed by atoms with van der Waals surface area (Å²) in [6.45, 7) is 5.70. The van der Waals surface area contributed by atoms with Crippen molar-refractivity contribution in [1.82, 2.24) is 4.98 Å². The van der Waals surface area contributed by atoms with Crippen LogP contribution >= 0.6 is 0 Å². The lowest BCUT2D eigenvalue weighted by molar-refractivity contribution is 0.411.